The fraction of sp³-hybridized carbons (Fsp3) is 0.923. The van der Waals surface area contributed by atoms with Gasteiger partial charge in [-0.2, -0.15) is 0 Å². The third-order valence-electron chi connectivity index (χ3n) is 3.16. The SMILES string of the molecule is CNCCC1CN(C(=O)OC(C)(C)C)CCN1C. The standard InChI is InChI=1S/C13H27N3O2/c1-13(2,3)18-12(17)16-9-8-15(5)11(10-16)6-7-14-4/h11,14H,6-10H2,1-5H3. The molecule has 1 fully saturated rings. The number of likely N-dealkylation sites (N-methyl/N-ethyl adjacent to an activating group) is 1. The Bertz CT molecular complexity index is 276. The van der Waals surface area contributed by atoms with E-state index in [9.17, 15) is 4.79 Å². The van der Waals surface area contributed by atoms with Crippen LogP contribution in [0.3, 0.4) is 0 Å². The van der Waals surface area contributed by atoms with Crippen LogP contribution in [0.1, 0.15) is 27.2 Å². The van der Waals surface area contributed by atoms with E-state index in [2.05, 4.69) is 17.3 Å². The van der Waals surface area contributed by atoms with Gasteiger partial charge in [0.1, 0.15) is 5.60 Å². The van der Waals surface area contributed by atoms with Crippen molar-refractivity contribution in [2.75, 3.05) is 40.3 Å². The highest BCUT2D eigenvalue weighted by molar-refractivity contribution is 5.68. The second-order valence-corrected chi connectivity index (χ2v) is 5.95. The molecule has 1 aliphatic heterocycles. The zero-order valence-corrected chi connectivity index (χ0v) is 12.3. The van der Waals surface area contributed by atoms with Gasteiger partial charge in [0.15, 0.2) is 0 Å². The molecule has 1 atom stereocenters. The van der Waals surface area contributed by atoms with Crippen LogP contribution in [0.4, 0.5) is 4.79 Å². The molecule has 1 aliphatic rings. The van der Waals surface area contributed by atoms with Crippen LogP contribution in [0.5, 0.6) is 0 Å². The highest BCUT2D eigenvalue weighted by Gasteiger charge is 2.29. The molecule has 106 valence electrons. The second kappa shape index (κ2) is 6.38. The predicted octanol–water partition coefficient (Wildman–Crippen LogP) is 1.15. The summed E-state index contributed by atoms with van der Waals surface area (Å²) in [6.45, 7) is 9.09. The number of amides is 1. The molecule has 0 radical (unpaired) electrons. The third-order valence-corrected chi connectivity index (χ3v) is 3.16. The van der Waals surface area contributed by atoms with Crippen molar-refractivity contribution in [3.05, 3.63) is 0 Å². The largest absolute Gasteiger partial charge is 0.444 e. The van der Waals surface area contributed by atoms with Crippen LogP contribution in [0, 0.1) is 0 Å². The quantitative estimate of drug-likeness (QED) is 0.824. The predicted molar refractivity (Wildman–Crippen MR) is 72.8 cm³/mol. The van der Waals surface area contributed by atoms with Crippen LogP contribution in [-0.4, -0.2) is 67.8 Å². The zero-order chi connectivity index (χ0) is 13.8. The van der Waals surface area contributed by atoms with E-state index < -0.39 is 5.60 Å². The maximum Gasteiger partial charge on any atom is 0.410 e. The number of nitrogens with one attached hydrogen (secondary N) is 1. The lowest BCUT2D eigenvalue weighted by Crippen LogP contribution is -2.54. The van der Waals surface area contributed by atoms with E-state index in [0.717, 1.165) is 32.6 Å². The van der Waals surface area contributed by atoms with Gasteiger partial charge >= 0.3 is 6.09 Å². The van der Waals surface area contributed by atoms with Gasteiger partial charge in [-0.15, -0.1) is 0 Å². The van der Waals surface area contributed by atoms with Gasteiger partial charge in [-0.25, -0.2) is 4.79 Å². The third kappa shape index (κ3) is 4.82. The lowest BCUT2D eigenvalue weighted by atomic mass is 10.1. The average molecular weight is 257 g/mol. The second-order valence-electron chi connectivity index (χ2n) is 5.95. The van der Waals surface area contributed by atoms with Crippen LogP contribution >= 0.6 is 0 Å². The first kappa shape index (κ1) is 15.2. The first-order chi connectivity index (χ1) is 8.33. The van der Waals surface area contributed by atoms with E-state index in [-0.39, 0.29) is 6.09 Å². The molecule has 1 unspecified atom stereocenters. The van der Waals surface area contributed by atoms with Crippen LogP contribution in [0.25, 0.3) is 0 Å². The minimum Gasteiger partial charge on any atom is -0.444 e. The molecule has 1 heterocycles. The Hall–Kier alpha value is -0.810. The number of ether oxygens (including phenoxy) is 1. The number of nitrogens with zero attached hydrogens (tertiary/aromatic N) is 2. The molecule has 1 amide bonds. The lowest BCUT2D eigenvalue weighted by Gasteiger charge is -2.39. The summed E-state index contributed by atoms with van der Waals surface area (Å²) in [5, 5.41) is 3.16. The summed E-state index contributed by atoms with van der Waals surface area (Å²) in [7, 11) is 4.07. The molecule has 0 spiro atoms. The van der Waals surface area contributed by atoms with Gasteiger partial charge in [-0.1, -0.05) is 0 Å². The van der Waals surface area contributed by atoms with E-state index in [4.69, 9.17) is 4.74 Å². The van der Waals surface area contributed by atoms with Crippen molar-refractivity contribution < 1.29 is 9.53 Å². The van der Waals surface area contributed by atoms with Crippen LogP contribution in [0.15, 0.2) is 0 Å². The molecule has 1 N–H and O–H groups in total. The average Bonchev–Trinajstić information content (AvgIpc) is 2.25. The number of carbonyl (C=O) groups excluding carboxylic acids is 1. The molecule has 1 rings (SSSR count). The van der Waals surface area contributed by atoms with E-state index in [1.54, 1.807) is 0 Å². The Labute approximate surface area is 110 Å². The molecule has 0 aromatic heterocycles. The minimum absolute atomic E-state index is 0.190. The zero-order valence-electron chi connectivity index (χ0n) is 12.3. The molecule has 1 saturated heterocycles. The van der Waals surface area contributed by atoms with Crippen molar-refractivity contribution in [3.8, 4) is 0 Å². The Balaban J connectivity index is 2.50. The summed E-state index contributed by atoms with van der Waals surface area (Å²) in [6, 6.07) is 0.415. The molecule has 5 heteroatoms. The smallest absolute Gasteiger partial charge is 0.410 e. The van der Waals surface area contributed by atoms with Crippen molar-refractivity contribution in [3.63, 3.8) is 0 Å². The Morgan fingerprint density at radius 3 is 2.61 bits per heavy atom. The molecule has 0 aromatic carbocycles. The van der Waals surface area contributed by atoms with Crippen molar-refractivity contribution in [1.82, 2.24) is 15.1 Å². The Morgan fingerprint density at radius 2 is 2.06 bits per heavy atom. The number of piperazine rings is 1. The van der Waals surface area contributed by atoms with E-state index in [1.165, 1.54) is 0 Å². The maximum atomic E-state index is 12.0. The van der Waals surface area contributed by atoms with Crippen molar-refractivity contribution in [2.24, 2.45) is 0 Å². The maximum absolute atomic E-state index is 12.0. The van der Waals surface area contributed by atoms with E-state index >= 15 is 0 Å². The summed E-state index contributed by atoms with van der Waals surface area (Å²) >= 11 is 0. The summed E-state index contributed by atoms with van der Waals surface area (Å²) in [5.41, 5.74) is -0.416. The molecule has 18 heavy (non-hydrogen) atoms. The molecule has 0 aromatic rings. The number of rotatable bonds is 3. The first-order valence-corrected chi connectivity index (χ1v) is 6.66. The van der Waals surface area contributed by atoms with Gasteiger partial charge in [0.05, 0.1) is 0 Å². The molecular formula is C13H27N3O2. The molecular weight excluding hydrogens is 230 g/mol. The van der Waals surface area contributed by atoms with Crippen LogP contribution in [0.2, 0.25) is 0 Å². The topological polar surface area (TPSA) is 44.8 Å². The summed E-state index contributed by atoms with van der Waals surface area (Å²) in [5.74, 6) is 0. The van der Waals surface area contributed by atoms with E-state index in [1.807, 2.05) is 32.7 Å². The summed E-state index contributed by atoms with van der Waals surface area (Å²) < 4.78 is 5.42. The minimum atomic E-state index is -0.416. The number of carbonyl (C=O) groups is 1. The fourth-order valence-electron chi connectivity index (χ4n) is 2.06. The molecule has 0 aliphatic carbocycles. The summed E-state index contributed by atoms with van der Waals surface area (Å²) in [4.78, 5) is 16.2. The van der Waals surface area contributed by atoms with Gasteiger partial charge in [-0.05, 0) is 47.8 Å². The fourth-order valence-corrected chi connectivity index (χ4v) is 2.06. The normalized spacial score (nSPS) is 22.1. The molecule has 0 saturated carbocycles. The lowest BCUT2D eigenvalue weighted by molar-refractivity contribution is 0.00688. The monoisotopic (exact) mass is 257 g/mol. The highest BCUT2D eigenvalue weighted by atomic mass is 16.6. The highest BCUT2D eigenvalue weighted by Crippen LogP contribution is 2.15. The number of hydrogen-bond donors (Lipinski definition) is 1. The van der Waals surface area contributed by atoms with Crippen molar-refractivity contribution in [1.29, 1.82) is 0 Å². The van der Waals surface area contributed by atoms with Crippen LogP contribution in [-0.2, 0) is 4.74 Å². The van der Waals surface area contributed by atoms with Crippen LogP contribution < -0.4 is 5.32 Å². The van der Waals surface area contributed by atoms with E-state index in [0.29, 0.717) is 6.04 Å². The Kier molecular flexibility index (Phi) is 5.41. The van der Waals surface area contributed by atoms with Gasteiger partial charge in [0, 0.05) is 25.7 Å². The Morgan fingerprint density at radius 1 is 1.39 bits per heavy atom. The van der Waals surface area contributed by atoms with Gasteiger partial charge in [0.25, 0.3) is 0 Å². The van der Waals surface area contributed by atoms with Crippen molar-refractivity contribution in [2.45, 2.75) is 38.8 Å². The van der Waals surface area contributed by atoms with Gasteiger partial charge < -0.3 is 15.0 Å². The summed E-state index contributed by atoms with van der Waals surface area (Å²) in [6.07, 6.45) is 0.858. The molecule has 0 bridgehead atoms. The molecule has 5 nitrogen and oxygen atoms in total. The number of hydrogen-bond acceptors (Lipinski definition) is 4. The van der Waals surface area contributed by atoms with Gasteiger partial charge in [0.2, 0.25) is 0 Å². The van der Waals surface area contributed by atoms with Gasteiger partial charge in [-0.3, -0.25) is 4.90 Å². The first-order valence-electron chi connectivity index (χ1n) is 6.66. The van der Waals surface area contributed by atoms with Crippen molar-refractivity contribution >= 4 is 6.09 Å².